The summed E-state index contributed by atoms with van der Waals surface area (Å²) in [6, 6.07) is 20.3. The number of methoxy groups -OCH3 is 2. The molecule has 0 atom stereocenters. The van der Waals surface area contributed by atoms with Crippen molar-refractivity contribution in [2.45, 2.75) is 13.8 Å². The number of imide groups is 1. The fourth-order valence-corrected chi connectivity index (χ4v) is 3.96. The molecule has 0 saturated carbocycles. The summed E-state index contributed by atoms with van der Waals surface area (Å²) < 4.78 is 10.8. The van der Waals surface area contributed by atoms with Gasteiger partial charge in [-0.1, -0.05) is 36.4 Å². The highest BCUT2D eigenvalue weighted by Crippen LogP contribution is 2.40. The molecule has 0 bridgehead atoms. The van der Waals surface area contributed by atoms with Crippen molar-refractivity contribution >= 4 is 28.8 Å². The molecule has 0 aromatic heterocycles. The van der Waals surface area contributed by atoms with Crippen LogP contribution in [0.4, 0.5) is 11.4 Å². The zero-order chi connectivity index (χ0) is 23.7. The fourth-order valence-electron chi connectivity index (χ4n) is 3.96. The van der Waals surface area contributed by atoms with E-state index in [1.807, 2.05) is 62.4 Å². The SMILES string of the molecule is COc1ccc(N2C(=O)C(c3ccc(C)c(C)c3)=C(N(C)c3ccccc3)C2=O)c(OC)c1. The maximum atomic E-state index is 13.8. The molecule has 1 aliphatic heterocycles. The lowest BCUT2D eigenvalue weighted by Crippen LogP contribution is -2.34. The number of likely N-dealkylation sites (N-methyl/N-ethyl adjacent to an activating group) is 1. The molecule has 0 aliphatic carbocycles. The smallest absolute Gasteiger partial charge is 0.282 e. The number of carbonyl (C=O) groups is 2. The molecule has 0 unspecified atom stereocenters. The molecule has 168 valence electrons. The Morgan fingerprint density at radius 3 is 2.15 bits per heavy atom. The normalized spacial score (nSPS) is 13.5. The molecule has 6 heteroatoms. The maximum absolute atomic E-state index is 13.8. The third-order valence-electron chi connectivity index (χ3n) is 5.96. The summed E-state index contributed by atoms with van der Waals surface area (Å²) in [4.78, 5) is 30.6. The van der Waals surface area contributed by atoms with Crippen LogP contribution in [-0.2, 0) is 9.59 Å². The quantitative estimate of drug-likeness (QED) is 0.516. The van der Waals surface area contributed by atoms with Gasteiger partial charge in [0, 0.05) is 18.8 Å². The summed E-state index contributed by atoms with van der Waals surface area (Å²) in [5.41, 5.74) is 4.69. The number of rotatable bonds is 6. The van der Waals surface area contributed by atoms with Crippen LogP contribution < -0.4 is 19.3 Å². The zero-order valence-electron chi connectivity index (χ0n) is 19.4. The lowest BCUT2D eigenvalue weighted by atomic mass is 9.99. The first kappa shape index (κ1) is 22.1. The molecular weight excluding hydrogens is 416 g/mol. The molecular formula is C27H26N2O4. The molecule has 6 nitrogen and oxygen atoms in total. The highest BCUT2D eigenvalue weighted by molar-refractivity contribution is 6.46. The molecule has 3 aromatic rings. The number of nitrogens with zero attached hydrogens (tertiary/aromatic N) is 2. The number of benzene rings is 3. The minimum Gasteiger partial charge on any atom is -0.497 e. The second-order valence-electron chi connectivity index (χ2n) is 7.90. The van der Waals surface area contributed by atoms with E-state index < -0.39 is 11.8 Å². The first-order valence-electron chi connectivity index (χ1n) is 10.6. The molecule has 33 heavy (non-hydrogen) atoms. The van der Waals surface area contributed by atoms with E-state index >= 15 is 0 Å². The molecule has 4 rings (SSSR count). The third-order valence-corrected chi connectivity index (χ3v) is 5.96. The Morgan fingerprint density at radius 2 is 1.52 bits per heavy atom. The lowest BCUT2D eigenvalue weighted by molar-refractivity contribution is -0.120. The van der Waals surface area contributed by atoms with Gasteiger partial charge in [0.05, 0.1) is 25.5 Å². The first-order valence-corrected chi connectivity index (χ1v) is 10.6. The first-order chi connectivity index (χ1) is 15.9. The molecule has 2 amide bonds. The Hall–Kier alpha value is -4.06. The molecule has 3 aromatic carbocycles. The highest BCUT2D eigenvalue weighted by Gasteiger charge is 2.43. The van der Waals surface area contributed by atoms with E-state index in [1.165, 1.54) is 12.0 Å². The van der Waals surface area contributed by atoms with Crippen molar-refractivity contribution < 1.29 is 19.1 Å². The van der Waals surface area contributed by atoms with Crippen molar-refractivity contribution in [3.63, 3.8) is 0 Å². The minimum absolute atomic E-state index is 0.312. The van der Waals surface area contributed by atoms with Crippen LogP contribution in [0.5, 0.6) is 11.5 Å². The molecule has 0 radical (unpaired) electrons. The molecule has 0 spiro atoms. The van der Waals surface area contributed by atoms with Crippen LogP contribution in [0.25, 0.3) is 5.57 Å². The third kappa shape index (κ3) is 3.84. The van der Waals surface area contributed by atoms with Gasteiger partial charge in [0.25, 0.3) is 11.8 Å². The molecule has 0 saturated heterocycles. The van der Waals surface area contributed by atoms with Crippen molar-refractivity contribution in [3.05, 3.63) is 89.1 Å². The summed E-state index contributed by atoms with van der Waals surface area (Å²) in [6.07, 6.45) is 0. The van der Waals surface area contributed by atoms with E-state index in [2.05, 4.69) is 0 Å². The van der Waals surface area contributed by atoms with Crippen LogP contribution in [0, 0.1) is 13.8 Å². The van der Waals surface area contributed by atoms with Gasteiger partial charge in [0.1, 0.15) is 17.2 Å². The van der Waals surface area contributed by atoms with E-state index in [9.17, 15) is 9.59 Å². The number of hydrogen-bond acceptors (Lipinski definition) is 5. The average Bonchev–Trinajstić information content (AvgIpc) is 3.10. The number of aryl methyl sites for hydroxylation is 2. The van der Waals surface area contributed by atoms with Crippen LogP contribution in [-0.4, -0.2) is 33.1 Å². The minimum atomic E-state index is -0.414. The van der Waals surface area contributed by atoms with Crippen molar-refractivity contribution in [1.82, 2.24) is 0 Å². The van der Waals surface area contributed by atoms with Crippen molar-refractivity contribution in [3.8, 4) is 11.5 Å². The zero-order valence-corrected chi connectivity index (χ0v) is 19.4. The fraction of sp³-hybridized carbons (Fsp3) is 0.185. The van der Waals surface area contributed by atoms with Gasteiger partial charge in [-0.25, -0.2) is 4.90 Å². The Bertz CT molecular complexity index is 1260. The van der Waals surface area contributed by atoms with Gasteiger partial charge in [-0.05, 0) is 54.8 Å². The Labute approximate surface area is 193 Å². The van der Waals surface area contributed by atoms with Gasteiger partial charge in [-0.15, -0.1) is 0 Å². The van der Waals surface area contributed by atoms with E-state index in [-0.39, 0.29) is 0 Å². The van der Waals surface area contributed by atoms with Crippen molar-refractivity contribution in [2.75, 3.05) is 31.1 Å². The van der Waals surface area contributed by atoms with Crippen LogP contribution in [0.15, 0.2) is 72.4 Å². The number of amides is 2. The number of anilines is 2. The molecule has 1 aliphatic rings. The summed E-state index contributed by atoms with van der Waals surface area (Å²) in [5, 5.41) is 0. The predicted molar refractivity (Wildman–Crippen MR) is 130 cm³/mol. The summed E-state index contributed by atoms with van der Waals surface area (Å²) in [5.74, 6) is 0.130. The second kappa shape index (κ2) is 8.82. The number of ether oxygens (including phenoxy) is 2. The monoisotopic (exact) mass is 442 g/mol. The number of para-hydroxylation sites is 1. The lowest BCUT2D eigenvalue weighted by Gasteiger charge is -2.22. The second-order valence-corrected chi connectivity index (χ2v) is 7.90. The highest BCUT2D eigenvalue weighted by atomic mass is 16.5. The van der Waals surface area contributed by atoms with E-state index in [1.54, 1.807) is 37.3 Å². The van der Waals surface area contributed by atoms with Gasteiger partial charge >= 0.3 is 0 Å². The van der Waals surface area contributed by atoms with Crippen molar-refractivity contribution in [1.29, 1.82) is 0 Å². The Kier molecular flexibility index (Phi) is 5.92. The van der Waals surface area contributed by atoms with Crippen LogP contribution in [0.3, 0.4) is 0 Å². The maximum Gasteiger partial charge on any atom is 0.282 e. The number of carbonyl (C=O) groups excluding carboxylic acids is 2. The van der Waals surface area contributed by atoms with E-state index in [4.69, 9.17) is 9.47 Å². The molecule has 0 N–H and O–H groups in total. The van der Waals surface area contributed by atoms with Gasteiger partial charge in [-0.3, -0.25) is 9.59 Å². The Balaban J connectivity index is 1.91. The molecule has 1 heterocycles. The van der Waals surface area contributed by atoms with Gasteiger partial charge in [0.2, 0.25) is 0 Å². The van der Waals surface area contributed by atoms with E-state index in [0.717, 1.165) is 16.8 Å². The van der Waals surface area contributed by atoms with E-state index in [0.29, 0.717) is 34.0 Å². The van der Waals surface area contributed by atoms with Gasteiger partial charge < -0.3 is 14.4 Å². The van der Waals surface area contributed by atoms with Crippen LogP contribution in [0.1, 0.15) is 16.7 Å². The molecule has 0 fully saturated rings. The predicted octanol–water partition coefficient (Wildman–Crippen LogP) is 4.74. The summed E-state index contributed by atoms with van der Waals surface area (Å²) >= 11 is 0. The van der Waals surface area contributed by atoms with Gasteiger partial charge in [-0.2, -0.15) is 0 Å². The largest absolute Gasteiger partial charge is 0.497 e. The summed E-state index contributed by atoms with van der Waals surface area (Å²) in [6.45, 7) is 4.01. The van der Waals surface area contributed by atoms with Crippen LogP contribution >= 0.6 is 0 Å². The van der Waals surface area contributed by atoms with Gasteiger partial charge in [0.15, 0.2) is 0 Å². The van der Waals surface area contributed by atoms with Crippen molar-refractivity contribution in [2.24, 2.45) is 0 Å². The van der Waals surface area contributed by atoms with Crippen LogP contribution in [0.2, 0.25) is 0 Å². The standard InChI is InChI=1S/C27H26N2O4/c1-17-11-12-19(15-18(17)2)24-25(28(3)20-9-7-6-8-10-20)27(31)29(26(24)30)22-14-13-21(32-4)16-23(22)33-5/h6-16H,1-5H3. The summed E-state index contributed by atoms with van der Waals surface area (Å²) in [7, 11) is 4.84. The number of hydrogen-bond donors (Lipinski definition) is 0. The average molecular weight is 443 g/mol. The Morgan fingerprint density at radius 1 is 0.788 bits per heavy atom. The topological polar surface area (TPSA) is 59.1 Å².